The van der Waals surface area contributed by atoms with Gasteiger partial charge in [0.25, 0.3) is 0 Å². The molecule has 1 fully saturated rings. The van der Waals surface area contributed by atoms with Crippen molar-refractivity contribution in [2.75, 3.05) is 0 Å². The summed E-state index contributed by atoms with van der Waals surface area (Å²) in [5.41, 5.74) is 0. The Morgan fingerprint density at radius 2 is 2.00 bits per heavy atom. The van der Waals surface area contributed by atoms with E-state index in [9.17, 15) is 0 Å². The van der Waals surface area contributed by atoms with Gasteiger partial charge in [-0.15, -0.1) is 0 Å². The van der Waals surface area contributed by atoms with E-state index in [1.807, 2.05) is 0 Å². The van der Waals surface area contributed by atoms with E-state index in [4.69, 9.17) is 5.26 Å². The van der Waals surface area contributed by atoms with Crippen LogP contribution in [0.1, 0.15) is 38.5 Å². The van der Waals surface area contributed by atoms with Gasteiger partial charge in [-0.05, 0) is 25.2 Å². The molecule has 1 saturated carbocycles. The average molecular weight is 150 g/mol. The van der Waals surface area contributed by atoms with Gasteiger partial charge in [0.15, 0.2) is 0 Å². The van der Waals surface area contributed by atoms with Gasteiger partial charge in [0.2, 0.25) is 0 Å². The lowest BCUT2D eigenvalue weighted by Gasteiger charge is -2.24. The van der Waals surface area contributed by atoms with Crippen molar-refractivity contribution >= 4 is 0 Å². The highest BCUT2D eigenvalue weighted by Gasteiger charge is 2.21. The summed E-state index contributed by atoms with van der Waals surface area (Å²) in [4.78, 5) is 0. The average Bonchev–Trinajstić information content (AvgIpc) is 2.09. The number of rotatable bonds is 2. The highest BCUT2D eigenvalue weighted by Crippen LogP contribution is 2.30. The first-order valence-electron chi connectivity index (χ1n) is 4.57. The van der Waals surface area contributed by atoms with Gasteiger partial charge in [-0.1, -0.05) is 26.2 Å². The van der Waals surface area contributed by atoms with Crippen molar-refractivity contribution in [3.05, 3.63) is 6.92 Å². The van der Waals surface area contributed by atoms with Gasteiger partial charge in [-0.2, -0.15) is 5.26 Å². The van der Waals surface area contributed by atoms with E-state index in [1.165, 1.54) is 32.1 Å². The lowest BCUT2D eigenvalue weighted by atomic mass is 9.79. The molecule has 0 heterocycles. The molecule has 0 amide bonds. The van der Waals surface area contributed by atoms with Crippen LogP contribution in [0.2, 0.25) is 0 Å². The SMILES string of the molecule is [CH2]CC(C#N)C1CCCCC1. The van der Waals surface area contributed by atoms with E-state index in [2.05, 4.69) is 13.0 Å². The topological polar surface area (TPSA) is 23.8 Å². The van der Waals surface area contributed by atoms with Crippen molar-refractivity contribution in [3.63, 3.8) is 0 Å². The van der Waals surface area contributed by atoms with Gasteiger partial charge < -0.3 is 0 Å². The summed E-state index contributed by atoms with van der Waals surface area (Å²) in [6.45, 7) is 3.81. The van der Waals surface area contributed by atoms with E-state index in [0.29, 0.717) is 5.92 Å². The summed E-state index contributed by atoms with van der Waals surface area (Å²) in [5.74, 6) is 0.890. The van der Waals surface area contributed by atoms with Crippen LogP contribution in [0.5, 0.6) is 0 Å². The maximum absolute atomic E-state index is 8.79. The van der Waals surface area contributed by atoms with Crippen molar-refractivity contribution in [1.29, 1.82) is 5.26 Å². The third kappa shape index (κ3) is 2.22. The van der Waals surface area contributed by atoms with Crippen LogP contribution < -0.4 is 0 Å². The second kappa shape index (κ2) is 4.38. The molecule has 11 heavy (non-hydrogen) atoms. The van der Waals surface area contributed by atoms with E-state index in [-0.39, 0.29) is 5.92 Å². The zero-order chi connectivity index (χ0) is 8.10. The zero-order valence-electron chi connectivity index (χ0n) is 7.05. The minimum Gasteiger partial charge on any atom is -0.198 e. The molecular weight excluding hydrogens is 134 g/mol. The van der Waals surface area contributed by atoms with E-state index in [1.54, 1.807) is 0 Å². The largest absolute Gasteiger partial charge is 0.198 e. The van der Waals surface area contributed by atoms with Crippen LogP contribution in [-0.4, -0.2) is 0 Å². The van der Waals surface area contributed by atoms with Crippen LogP contribution in [0.25, 0.3) is 0 Å². The molecule has 1 heteroatoms. The van der Waals surface area contributed by atoms with Crippen molar-refractivity contribution in [2.24, 2.45) is 11.8 Å². The molecule has 0 aliphatic heterocycles. The Morgan fingerprint density at radius 3 is 2.45 bits per heavy atom. The summed E-state index contributed by atoms with van der Waals surface area (Å²) in [5, 5.41) is 8.79. The monoisotopic (exact) mass is 150 g/mol. The number of hydrogen-bond donors (Lipinski definition) is 0. The fourth-order valence-corrected chi connectivity index (χ4v) is 1.94. The lowest BCUT2D eigenvalue weighted by molar-refractivity contribution is 0.291. The van der Waals surface area contributed by atoms with Gasteiger partial charge in [0, 0.05) is 5.92 Å². The highest BCUT2D eigenvalue weighted by atomic mass is 14.3. The Labute approximate surface area is 69.4 Å². The Morgan fingerprint density at radius 1 is 1.36 bits per heavy atom. The molecule has 61 valence electrons. The molecule has 0 aromatic carbocycles. The van der Waals surface area contributed by atoms with Gasteiger partial charge in [-0.25, -0.2) is 0 Å². The van der Waals surface area contributed by atoms with E-state index in [0.717, 1.165) is 6.42 Å². The smallest absolute Gasteiger partial charge is 0.0658 e. The molecule has 1 unspecified atom stereocenters. The third-order valence-corrected chi connectivity index (χ3v) is 2.70. The second-order valence-corrected chi connectivity index (χ2v) is 3.42. The van der Waals surface area contributed by atoms with E-state index < -0.39 is 0 Å². The molecular formula is C10H16N. The van der Waals surface area contributed by atoms with E-state index >= 15 is 0 Å². The van der Waals surface area contributed by atoms with Crippen LogP contribution in [0.3, 0.4) is 0 Å². The Kier molecular flexibility index (Phi) is 3.42. The van der Waals surface area contributed by atoms with Crippen LogP contribution in [0, 0.1) is 30.1 Å². The van der Waals surface area contributed by atoms with Crippen molar-refractivity contribution < 1.29 is 0 Å². The summed E-state index contributed by atoms with van der Waals surface area (Å²) >= 11 is 0. The van der Waals surface area contributed by atoms with Crippen LogP contribution in [0.15, 0.2) is 0 Å². The number of hydrogen-bond acceptors (Lipinski definition) is 1. The maximum atomic E-state index is 8.79. The standard InChI is InChI=1S/C10H16N/c1-2-9(8-11)10-6-4-3-5-7-10/h9-10H,1-7H2. The molecule has 0 aromatic rings. The summed E-state index contributed by atoms with van der Waals surface area (Å²) in [6, 6.07) is 2.36. The normalized spacial score (nSPS) is 22.5. The molecule has 1 aliphatic carbocycles. The molecule has 0 saturated heterocycles. The quantitative estimate of drug-likeness (QED) is 0.593. The van der Waals surface area contributed by atoms with Crippen LogP contribution >= 0.6 is 0 Å². The Hall–Kier alpha value is -0.510. The number of nitriles is 1. The molecule has 1 radical (unpaired) electrons. The predicted molar refractivity (Wildman–Crippen MR) is 45.7 cm³/mol. The molecule has 0 aromatic heterocycles. The molecule has 0 bridgehead atoms. The van der Waals surface area contributed by atoms with Crippen molar-refractivity contribution in [2.45, 2.75) is 38.5 Å². The molecule has 0 spiro atoms. The molecule has 0 N–H and O–H groups in total. The number of nitrogens with zero attached hydrogens (tertiary/aromatic N) is 1. The van der Waals surface area contributed by atoms with Crippen molar-refractivity contribution in [3.8, 4) is 6.07 Å². The molecule has 1 nitrogen and oxygen atoms in total. The first-order valence-corrected chi connectivity index (χ1v) is 4.57. The van der Waals surface area contributed by atoms with Gasteiger partial charge in [-0.3, -0.25) is 0 Å². The lowest BCUT2D eigenvalue weighted by Crippen LogP contribution is -2.15. The Balaban J connectivity index is 2.38. The predicted octanol–water partition coefficient (Wildman–Crippen LogP) is 2.93. The third-order valence-electron chi connectivity index (χ3n) is 2.70. The van der Waals surface area contributed by atoms with Crippen molar-refractivity contribution in [1.82, 2.24) is 0 Å². The highest BCUT2D eigenvalue weighted by molar-refractivity contribution is 4.89. The minimum absolute atomic E-state index is 0.232. The molecule has 1 aliphatic rings. The van der Waals surface area contributed by atoms with Gasteiger partial charge in [0.1, 0.15) is 0 Å². The zero-order valence-corrected chi connectivity index (χ0v) is 7.05. The summed E-state index contributed by atoms with van der Waals surface area (Å²) in [6.07, 6.45) is 7.32. The first-order chi connectivity index (χ1) is 5.38. The fourth-order valence-electron chi connectivity index (χ4n) is 1.94. The fraction of sp³-hybridized carbons (Fsp3) is 0.800. The van der Waals surface area contributed by atoms with Gasteiger partial charge >= 0.3 is 0 Å². The van der Waals surface area contributed by atoms with Crippen LogP contribution in [-0.2, 0) is 0 Å². The Bertz CT molecular complexity index is 139. The first kappa shape index (κ1) is 8.59. The minimum atomic E-state index is 0.232. The van der Waals surface area contributed by atoms with Gasteiger partial charge in [0.05, 0.1) is 6.07 Å². The summed E-state index contributed by atoms with van der Waals surface area (Å²) in [7, 11) is 0. The molecule has 1 rings (SSSR count). The maximum Gasteiger partial charge on any atom is 0.0658 e. The molecule has 1 atom stereocenters. The second-order valence-electron chi connectivity index (χ2n) is 3.42. The van der Waals surface area contributed by atoms with Crippen LogP contribution in [0.4, 0.5) is 0 Å². The summed E-state index contributed by atoms with van der Waals surface area (Å²) < 4.78 is 0.